The lowest BCUT2D eigenvalue weighted by Crippen LogP contribution is -2.41. The second-order valence-corrected chi connectivity index (χ2v) is 7.74. The highest BCUT2D eigenvalue weighted by Gasteiger charge is 2.23. The van der Waals surface area contributed by atoms with Gasteiger partial charge in [0.25, 0.3) is 6.43 Å². The van der Waals surface area contributed by atoms with Gasteiger partial charge in [0.15, 0.2) is 17.8 Å². The molecule has 5 rings (SSSR count). The molecule has 1 aliphatic rings. The van der Waals surface area contributed by atoms with E-state index in [4.69, 9.17) is 4.74 Å². The molecule has 0 spiro atoms. The van der Waals surface area contributed by atoms with Crippen molar-refractivity contribution in [3.63, 3.8) is 0 Å². The number of nitrogens with one attached hydrogen (secondary N) is 2. The largest absolute Gasteiger partial charge is 0.457 e. The number of hydrogen-bond acceptors (Lipinski definition) is 9. The second kappa shape index (κ2) is 8.98. The molecule has 3 aromatic heterocycles. The average molecular weight is 465 g/mol. The van der Waals surface area contributed by atoms with E-state index in [2.05, 4.69) is 35.7 Å². The van der Waals surface area contributed by atoms with Crippen LogP contribution in [0.25, 0.3) is 5.65 Å². The van der Waals surface area contributed by atoms with Crippen LogP contribution in [0.4, 0.5) is 26.0 Å². The molecule has 0 saturated heterocycles. The summed E-state index contributed by atoms with van der Waals surface area (Å²) >= 11 is 0. The van der Waals surface area contributed by atoms with Crippen LogP contribution in [0.3, 0.4) is 0 Å². The van der Waals surface area contributed by atoms with Crippen LogP contribution in [0.2, 0.25) is 0 Å². The highest BCUT2D eigenvalue weighted by molar-refractivity contribution is 5.92. The molecule has 4 aromatic rings. The molecule has 12 heteroatoms. The Morgan fingerprint density at radius 1 is 1.18 bits per heavy atom. The third-order valence-corrected chi connectivity index (χ3v) is 5.25. The third-order valence-electron chi connectivity index (χ3n) is 5.25. The van der Waals surface area contributed by atoms with E-state index in [1.54, 1.807) is 30.0 Å². The molecule has 2 N–H and O–H groups in total. The molecule has 4 heterocycles. The van der Waals surface area contributed by atoms with Gasteiger partial charge in [-0.05, 0) is 43.8 Å². The van der Waals surface area contributed by atoms with Gasteiger partial charge in [0.1, 0.15) is 35.5 Å². The highest BCUT2D eigenvalue weighted by Crippen LogP contribution is 2.32. The minimum atomic E-state index is -2.46. The van der Waals surface area contributed by atoms with E-state index in [0.717, 1.165) is 11.3 Å². The van der Waals surface area contributed by atoms with Gasteiger partial charge < -0.3 is 15.4 Å². The standard InChI is InChI=1S/C22H21F2N9O/c1-13-7-14(3-4-17(13)34-15-5-6-33-19(8-15)27-12-29-33)30-21-20-16(26-11-28-21)9-25-22(31-20)32(2)10-18(23)24/h3-9,11-12,18,22,31H,10H2,1-2H3,(H,26,28,30). The molecule has 1 aliphatic heterocycles. The van der Waals surface area contributed by atoms with Crippen molar-refractivity contribution >= 4 is 29.1 Å². The predicted octanol–water partition coefficient (Wildman–Crippen LogP) is 3.69. The Balaban J connectivity index is 1.33. The van der Waals surface area contributed by atoms with Crippen LogP contribution in [0.15, 0.2) is 54.2 Å². The summed E-state index contributed by atoms with van der Waals surface area (Å²) in [5, 5.41) is 10.5. The van der Waals surface area contributed by atoms with Crippen LogP contribution < -0.4 is 15.4 Å². The lowest BCUT2D eigenvalue weighted by molar-refractivity contribution is 0.0876. The number of hydrogen-bond donors (Lipinski definition) is 2. The number of anilines is 3. The van der Waals surface area contributed by atoms with Gasteiger partial charge in [-0.3, -0.25) is 9.89 Å². The van der Waals surface area contributed by atoms with Gasteiger partial charge in [-0.1, -0.05) is 0 Å². The van der Waals surface area contributed by atoms with Crippen molar-refractivity contribution in [3.8, 4) is 11.5 Å². The fraction of sp³-hybridized carbons (Fsp3) is 0.227. The van der Waals surface area contributed by atoms with Crippen molar-refractivity contribution in [3.05, 3.63) is 60.4 Å². The van der Waals surface area contributed by atoms with E-state index in [1.807, 2.05) is 31.2 Å². The summed E-state index contributed by atoms with van der Waals surface area (Å²) in [6.45, 7) is 1.53. The Morgan fingerprint density at radius 2 is 2.06 bits per heavy atom. The Hall–Kier alpha value is -4.19. The summed E-state index contributed by atoms with van der Waals surface area (Å²) in [5.74, 6) is 1.85. The number of ether oxygens (including phenoxy) is 1. The van der Waals surface area contributed by atoms with E-state index in [0.29, 0.717) is 34.3 Å². The summed E-state index contributed by atoms with van der Waals surface area (Å²) in [5.41, 5.74) is 3.53. The summed E-state index contributed by atoms with van der Waals surface area (Å²) in [7, 11) is 1.58. The smallest absolute Gasteiger partial charge is 0.251 e. The summed E-state index contributed by atoms with van der Waals surface area (Å²) in [6.07, 6.45) is 3.13. The molecule has 0 fully saturated rings. The van der Waals surface area contributed by atoms with Gasteiger partial charge in [0.05, 0.1) is 12.8 Å². The molecule has 174 valence electrons. The first-order valence-electron chi connectivity index (χ1n) is 10.4. The van der Waals surface area contributed by atoms with E-state index in [9.17, 15) is 8.78 Å². The van der Waals surface area contributed by atoms with Crippen LogP contribution in [0, 0.1) is 6.92 Å². The van der Waals surface area contributed by atoms with Crippen LogP contribution in [-0.2, 0) is 0 Å². The Morgan fingerprint density at radius 3 is 2.88 bits per heavy atom. The first kappa shape index (κ1) is 21.6. The number of aliphatic imine (C=N–C) groups is 1. The molecule has 0 aliphatic carbocycles. The third kappa shape index (κ3) is 4.48. The number of aryl methyl sites for hydroxylation is 1. The number of rotatable bonds is 7. The molecule has 1 unspecified atom stereocenters. The first-order chi connectivity index (χ1) is 16.5. The zero-order valence-corrected chi connectivity index (χ0v) is 18.4. The molecule has 34 heavy (non-hydrogen) atoms. The molecule has 1 aromatic carbocycles. The zero-order valence-electron chi connectivity index (χ0n) is 18.4. The second-order valence-electron chi connectivity index (χ2n) is 7.74. The van der Waals surface area contributed by atoms with Crippen LogP contribution >= 0.6 is 0 Å². The zero-order chi connectivity index (χ0) is 23.7. The minimum absolute atomic E-state index is 0.411. The van der Waals surface area contributed by atoms with Gasteiger partial charge in [0, 0.05) is 18.0 Å². The van der Waals surface area contributed by atoms with Crippen molar-refractivity contribution in [1.29, 1.82) is 0 Å². The number of fused-ring (bicyclic) bond motifs is 2. The van der Waals surface area contributed by atoms with E-state index in [1.165, 1.54) is 17.6 Å². The fourth-order valence-corrected chi connectivity index (χ4v) is 3.55. The van der Waals surface area contributed by atoms with Crippen molar-refractivity contribution in [2.24, 2.45) is 4.99 Å². The first-order valence-corrected chi connectivity index (χ1v) is 10.4. The lowest BCUT2D eigenvalue weighted by Gasteiger charge is -2.29. The van der Waals surface area contributed by atoms with E-state index < -0.39 is 19.3 Å². The van der Waals surface area contributed by atoms with Gasteiger partial charge in [-0.15, -0.1) is 0 Å². The monoisotopic (exact) mass is 465 g/mol. The number of aromatic nitrogens is 5. The summed E-state index contributed by atoms with van der Waals surface area (Å²) in [4.78, 5) is 18.4. The van der Waals surface area contributed by atoms with Crippen LogP contribution in [0.1, 0.15) is 11.3 Å². The molecule has 0 radical (unpaired) electrons. The fourth-order valence-electron chi connectivity index (χ4n) is 3.55. The van der Waals surface area contributed by atoms with Crippen molar-refractivity contribution < 1.29 is 13.5 Å². The van der Waals surface area contributed by atoms with Gasteiger partial charge in [-0.2, -0.15) is 5.10 Å². The lowest BCUT2D eigenvalue weighted by atomic mass is 10.2. The Kier molecular flexibility index (Phi) is 5.72. The molecule has 0 bridgehead atoms. The number of alkyl halides is 2. The SMILES string of the molecule is Cc1cc(Nc2ncnc3c2NC(N(C)CC(F)F)N=C3)ccc1Oc1ccn2ncnc2c1. The van der Waals surface area contributed by atoms with Crippen LogP contribution in [0.5, 0.6) is 11.5 Å². The number of halogens is 2. The average Bonchev–Trinajstić information content (AvgIpc) is 3.28. The van der Waals surface area contributed by atoms with Gasteiger partial charge >= 0.3 is 0 Å². The quantitative estimate of drug-likeness (QED) is 0.426. The molecular weight excluding hydrogens is 444 g/mol. The van der Waals surface area contributed by atoms with Crippen molar-refractivity contribution in [2.45, 2.75) is 19.6 Å². The summed E-state index contributed by atoms with van der Waals surface area (Å²) in [6, 6.07) is 9.27. The van der Waals surface area contributed by atoms with E-state index >= 15 is 0 Å². The normalized spacial score (nSPS) is 14.9. The maximum absolute atomic E-state index is 12.8. The van der Waals surface area contributed by atoms with Crippen molar-refractivity contribution in [2.75, 3.05) is 24.2 Å². The minimum Gasteiger partial charge on any atom is -0.457 e. The van der Waals surface area contributed by atoms with Gasteiger partial charge in [-0.25, -0.2) is 28.2 Å². The maximum Gasteiger partial charge on any atom is 0.251 e. The van der Waals surface area contributed by atoms with Gasteiger partial charge in [0.2, 0.25) is 0 Å². The topological polar surface area (TPSA) is 105 Å². The molecular formula is C22H21F2N9O. The van der Waals surface area contributed by atoms with Crippen LogP contribution in [-0.4, -0.2) is 62.0 Å². The maximum atomic E-state index is 12.8. The summed E-state index contributed by atoms with van der Waals surface area (Å²) < 4.78 is 33.3. The molecule has 0 amide bonds. The number of pyridine rings is 1. The predicted molar refractivity (Wildman–Crippen MR) is 123 cm³/mol. The molecule has 1 atom stereocenters. The highest BCUT2D eigenvalue weighted by atomic mass is 19.3. The van der Waals surface area contributed by atoms with E-state index in [-0.39, 0.29) is 0 Å². The molecule has 0 saturated carbocycles. The Labute approximate surface area is 193 Å². The number of benzene rings is 1. The molecule has 10 nitrogen and oxygen atoms in total. The van der Waals surface area contributed by atoms with Crippen molar-refractivity contribution in [1.82, 2.24) is 29.5 Å². The number of nitrogens with zero attached hydrogens (tertiary/aromatic N) is 7. The Bertz CT molecular complexity index is 1360.